The van der Waals surface area contributed by atoms with E-state index in [2.05, 4.69) is 32.6 Å². The smallest absolute Gasteiger partial charge is 0.269 e. The summed E-state index contributed by atoms with van der Waals surface area (Å²) < 4.78 is 11.9. The second-order valence-electron chi connectivity index (χ2n) is 14.9. The van der Waals surface area contributed by atoms with Crippen LogP contribution in [0.15, 0.2) is 58.9 Å². The first kappa shape index (κ1) is 32.3. The van der Waals surface area contributed by atoms with E-state index in [0.717, 1.165) is 66.6 Å². The van der Waals surface area contributed by atoms with E-state index >= 15 is 0 Å². The summed E-state index contributed by atoms with van der Waals surface area (Å²) in [5.74, 6) is 0.299. The van der Waals surface area contributed by atoms with Gasteiger partial charge in [-0.15, -0.1) is 0 Å². The molecule has 46 heavy (non-hydrogen) atoms. The van der Waals surface area contributed by atoms with Crippen molar-refractivity contribution in [3.05, 3.63) is 85.2 Å². The molecule has 9 heteroatoms. The minimum Gasteiger partial charge on any atom is -0.493 e. The van der Waals surface area contributed by atoms with Crippen LogP contribution in [0.4, 0.5) is 5.69 Å². The number of non-ortho nitro benzene ring substituents is 1. The number of nitro benzene ring substituents is 1. The molecule has 0 N–H and O–H groups in total. The average Bonchev–Trinajstić information content (AvgIpc) is 2.98. The van der Waals surface area contributed by atoms with E-state index in [1.807, 2.05) is 6.07 Å². The zero-order chi connectivity index (χ0) is 33.0. The second kappa shape index (κ2) is 12.2. The Hall–Kier alpha value is -3.65. The van der Waals surface area contributed by atoms with Gasteiger partial charge in [-0.3, -0.25) is 19.7 Å². The molecule has 2 aromatic carbocycles. The number of carbonyl (C=O) groups excluding carboxylic acids is 2. The number of allylic oxidation sites excluding steroid dienone is 4. The van der Waals surface area contributed by atoms with Crippen molar-refractivity contribution in [2.75, 3.05) is 7.11 Å². The number of methoxy groups -OCH3 is 1. The molecule has 2 aromatic rings. The van der Waals surface area contributed by atoms with Crippen LogP contribution >= 0.6 is 11.6 Å². The number of rotatable bonds is 7. The molecular weight excluding hydrogens is 604 g/mol. The molecule has 3 aliphatic carbocycles. The Morgan fingerprint density at radius 3 is 2.09 bits per heavy atom. The summed E-state index contributed by atoms with van der Waals surface area (Å²) in [6.45, 7) is 8.69. The number of carbonyl (C=O) groups is 2. The van der Waals surface area contributed by atoms with E-state index in [0.29, 0.717) is 29.9 Å². The van der Waals surface area contributed by atoms with E-state index in [-0.39, 0.29) is 45.8 Å². The van der Waals surface area contributed by atoms with Crippen molar-refractivity contribution in [1.82, 2.24) is 4.90 Å². The average molecular weight is 647 g/mol. The molecule has 4 aliphatic rings. The van der Waals surface area contributed by atoms with Gasteiger partial charge >= 0.3 is 0 Å². The number of ether oxygens (including phenoxy) is 2. The molecule has 1 heterocycles. The lowest BCUT2D eigenvalue weighted by Gasteiger charge is -2.52. The Morgan fingerprint density at radius 1 is 0.913 bits per heavy atom. The zero-order valence-corrected chi connectivity index (χ0v) is 28.2. The van der Waals surface area contributed by atoms with E-state index in [9.17, 15) is 19.7 Å². The van der Waals surface area contributed by atoms with E-state index in [1.165, 1.54) is 25.7 Å². The third-order valence-corrected chi connectivity index (χ3v) is 10.3. The van der Waals surface area contributed by atoms with E-state index < -0.39 is 10.8 Å². The van der Waals surface area contributed by atoms with Gasteiger partial charge in [0.15, 0.2) is 23.1 Å². The fourth-order valence-corrected chi connectivity index (χ4v) is 8.34. The Labute approximate surface area is 275 Å². The molecule has 6 rings (SSSR count). The first-order valence-corrected chi connectivity index (χ1v) is 16.7. The highest BCUT2D eigenvalue weighted by Gasteiger charge is 2.50. The summed E-state index contributed by atoms with van der Waals surface area (Å²) in [5, 5.41) is 11.5. The van der Waals surface area contributed by atoms with Gasteiger partial charge in [-0.25, -0.2) is 0 Å². The highest BCUT2D eigenvalue weighted by molar-refractivity contribution is 6.32. The lowest BCUT2D eigenvalue weighted by atomic mass is 9.63. The Bertz CT molecular complexity index is 1610. The maximum atomic E-state index is 14.3. The Morgan fingerprint density at radius 2 is 1.52 bits per heavy atom. The Kier molecular flexibility index (Phi) is 8.55. The number of nitro groups is 1. The molecule has 0 amide bonds. The Balaban J connectivity index is 1.48. The first-order chi connectivity index (χ1) is 21.8. The summed E-state index contributed by atoms with van der Waals surface area (Å²) in [6, 6.07) is 10.2. The minimum absolute atomic E-state index is 0.0251. The van der Waals surface area contributed by atoms with Crippen LogP contribution in [-0.4, -0.2) is 34.5 Å². The number of ketones is 2. The number of Topliss-reactive ketones (excluding diaryl/α,β-unsaturated/α-hetero) is 2. The van der Waals surface area contributed by atoms with Crippen molar-refractivity contribution in [1.29, 1.82) is 0 Å². The molecule has 244 valence electrons. The third-order valence-electron chi connectivity index (χ3n) is 9.98. The summed E-state index contributed by atoms with van der Waals surface area (Å²) in [7, 11) is 1.53. The summed E-state index contributed by atoms with van der Waals surface area (Å²) in [6.07, 6.45) is 7.98. The van der Waals surface area contributed by atoms with Crippen molar-refractivity contribution in [3.63, 3.8) is 0 Å². The molecule has 0 saturated heterocycles. The van der Waals surface area contributed by atoms with E-state index in [1.54, 1.807) is 18.2 Å². The first-order valence-electron chi connectivity index (χ1n) is 16.3. The fourth-order valence-electron chi connectivity index (χ4n) is 8.07. The van der Waals surface area contributed by atoms with Crippen LogP contribution in [0.5, 0.6) is 11.5 Å². The number of benzene rings is 2. The molecule has 1 fully saturated rings. The van der Waals surface area contributed by atoms with Crippen LogP contribution in [-0.2, 0) is 16.2 Å². The van der Waals surface area contributed by atoms with Crippen LogP contribution in [0.2, 0.25) is 5.02 Å². The molecule has 0 atom stereocenters. The normalized spacial score (nSPS) is 21.7. The van der Waals surface area contributed by atoms with Gasteiger partial charge in [-0.05, 0) is 59.8 Å². The van der Waals surface area contributed by atoms with Gasteiger partial charge in [0, 0.05) is 59.5 Å². The van der Waals surface area contributed by atoms with Gasteiger partial charge in [0.2, 0.25) is 0 Å². The lowest BCUT2D eigenvalue weighted by Crippen LogP contribution is -2.48. The van der Waals surface area contributed by atoms with Crippen LogP contribution in [0, 0.1) is 20.9 Å². The maximum Gasteiger partial charge on any atom is 0.269 e. The molecule has 1 aliphatic heterocycles. The standard InChI is InChI=1S/C37H43ClN2O6/c1-36(2)17-27-33(29(41)19-36)32(34-28(18-37(3,4)20-30(34)42)39(27)24-11-7-6-8-12-24)23-15-26(38)35(31(16-23)45-5)46-21-22-10-9-13-25(14-22)40(43)44/h9-10,13-16,24,32H,6-8,11-12,17-21H2,1-5H3. The summed E-state index contributed by atoms with van der Waals surface area (Å²) in [4.78, 5) is 41.8. The van der Waals surface area contributed by atoms with Crippen LogP contribution < -0.4 is 9.47 Å². The van der Waals surface area contributed by atoms with E-state index in [4.69, 9.17) is 21.1 Å². The summed E-state index contributed by atoms with van der Waals surface area (Å²) in [5.41, 5.74) is 4.52. The maximum absolute atomic E-state index is 14.3. The molecule has 0 bridgehead atoms. The molecule has 0 radical (unpaired) electrons. The largest absolute Gasteiger partial charge is 0.493 e. The van der Waals surface area contributed by atoms with Gasteiger partial charge in [0.1, 0.15) is 6.61 Å². The molecule has 0 spiro atoms. The van der Waals surface area contributed by atoms with Crippen LogP contribution in [0.25, 0.3) is 0 Å². The number of halogens is 1. The summed E-state index contributed by atoms with van der Waals surface area (Å²) >= 11 is 6.92. The monoisotopic (exact) mass is 646 g/mol. The fraction of sp³-hybridized carbons (Fsp3) is 0.514. The lowest BCUT2D eigenvalue weighted by molar-refractivity contribution is -0.384. The minimum atomic E-state index is -0.547. The molecule has 1 saturated carbocycles. The van der Waals surface area contributed by atoms with Crippen molar-refractivity contribution in [3.8, 4) is 11.5 Å². The number of hydrogen-bond acceptors (Lipinski definition) is 7. The van der Waals surface area contributed by atoms with Crippen LogP contribution in [0.3, 0.4) is 0 Å². The van der Waals surface area contributed by atoms with Gasteiger partial charge in [0.25, 0.3) is 5.69 Å². The highest BCUT2D eigenvalue weighted by atomic mass is 35.5. The number of hydrogen-bond donors (Lipinski definition) is 0. The van der Waals surface area contributed by atoms with Gasteiger partial charge < -0.3 is 14.4 Å². The molecule has 8 nitrogen and oxygen atoms in total. The van der Waals surface area contributed by atoms with Gasteiger partial charge in [-0.1, -0.05) is 70.7 Å². The SMILES string of the molecule is COc1cc(C2C3=C(CC(C)(C)CC3=O)N(C3CCCCC3)C3=C2C(=O)CC(C)(C)C3)cc(Cl)c1OCc1cccc([N+](=O)[O-])c1. The predicted molar refractivity (Wildman–Crippen MR) is 177 cm³/mol. The predicted octanol–water partition coefficient (Wildman–Crippen LogP) is 8.85. The molecule has 0 unspecified atom stereocenters. The third kappa shape index (κ3) is 6.08. The van der Waals surface area contributed by atoms with Crippen LogP contribution in [0.1, 0.15) is 103 Å². The molecule has 0 aromatic heterocycles. The second-order valence-corrected chi connectivity index (χ2v) is 15.4. The zero-order valence-electron chi connectivity index (χ0n) is 27.4. The van der Waals surface area contributed by atoms with Crippen molar-refractivity contribution in [2.24, 2.45) is 10.8 Å². The van der Waals surface area contributed by atoms with Gasteiger partial charge in [0.05, 0.1) is 17.1 Å². The quantitative estimate of drug-likeness (QED) is 0.219. The number of nitrogens with zero attached hydrogens (tertiary/aromatic N) is 2. The topological polar surface area (TPSA) is 99.0 Å². The molecular formula is C37H43ClN2O6. The highest BCUT2D eigenvalue weighted by Crippen LogP contribution is 2.56. The van der Waals surface area contributed by atoms with Crippen molar-refractivity contribution >= 4 is 28.9 Å². The van der Waals surface area contributed by atoms with Gasteiger partial charge in [-0.2, -0.15) is 0 Å². The van der Waals surface area contributed by atoms with Crippen molar-refractivity contribution in [2.45, 2.75) is 104 Å². The van der Waals surface area contributed by atoms with Crippen molar-refractivity contribution < 1.29 is 24.0 Å².